The van der Waals surface area contributed by atoms with Crippen LogP contribution in [0, 0.1) is 0 Å². The third-order valence-corrected chi connectivity index (χ3v) is 2.50. The standard InChI is InChI=1S/C14H19N3O4/c1-9(2)15-7-12(18)17-11-5-3-10(4-6-11)14(21)16-8-13(19)20/h3-6,9,15H,7-8H2,1-2H3,(H,16,21)(H,17,18)(H,19,20). The van der Waals surface area contributed by atoms with Crippen molar-refractivity contribution in [3.05, 3.63) is 29.8 Å². The first-order chi connectivity index (χ1) is 9.88. The van der Waals surface area contributed by atoms with Crippen molar-refractivity contribution in [1.29, 1.82) is 0 Å². The molecule has 114 valence electrons. The predicted octanol–water partition coefficient (Wildman–Crippen LogP) is 0.437. The summed E-state index contributed by atoms with van der Waals surface area (Å²) in [5.74, 6) is -1.76. The first-order valence-corrected chi connectivity index (χ1v) is 6.51. The van der Waals surface area contributed by atoms with Gasteiger partial charge in [-0.1, -0.05) is 13.8 Å². The molecule has 0 bridgehead atoms. The van der Waals surface area contributed by atoms with Crippen LogP contribution in [0.25, 0.3) is 0 Å². The lowest BCUT2D eigenvalue weighted by atomic mass is 10.2. The number of hydrogen-bond donors (Lipinski definition) is 4. The van der Waals surface area contributed by atoms with E-state index < -0.39 is 18.4 Å². The Morgan fingerprint density at radius 3 is 2.24 bits per heavy atom. The van der Waals surface area contributed by atoms with Crippen LogP contribution in [-0.2, 0) is 9.59 Å². The van der Waals surface area contributed by atoms with Crippen LogP contribution < -0.4 is 16.0 Å². The number of nitrogens with one attached hydrogen (secondary N) is 3. The fraction of sp³-hybridized carbons (Fsp3) is 0.357. The molecule has 0 atom stereocenters. The molecule has 0 spiro atoms. The van der Waals surface area contributed by atoms with Crippen molar-refractivity contribution in [3.63, 3.8) is 0 Å². The van der Waals surface area contributed by atoms with Gasteiger partial charge in [-0.3, -0.25) is 14.4 Å². The second-order valence-corrected chi connectivity index (χ2v) is 4.74. The fourth-order valence-electron chi connectivity index (χ4n) is 1.46. The Hall–Kier alpha value is -2.41. The normalized spacial score (nSPS) is 10.2. The first kappa shape index (κ1) is 16.6. The summed E-state index contributed by atoms with van der Waals surface area (Å²) in [4.78, 5) is 33.5. The van der Waals surface area contributed by atoms with Crippen molar-refractivity contribution >= 4 is 23.5 Å². The molecule has 4 N–H and O–H groups in total. The van der Waals surface area contributed by atoms with E-state index in [4.69, 9.17) is 5.11 Å². The highest BCUT2D eigenvalue weighted by atomic mass is 16.4. The number of carboxylic acids is 1. The van der Waals surface area contributed by atoms with Gasteiger partial charge in [-0.2, -0.15) is 0 Å². The number of benzene rings is 1. The maximum absolute atomic E-state index is 11.6. The molecule has 0 saturated carbocycles. The summed E-state index contributed by atoms with van der Waals surface area (Å²) in [7, 11) is 0. The van der Waals surface area contributed by atoms with Crippen molar-refractivity contribution in [2.45, 2.75) is 19.9 Å². The van der Waals surface area contributed by atoms with E-state index in [-0.39, 0.29) is 18.5 Å². The van der Waals surface area contributed by atoms with Gasteiger partial charge in [0.05, 0.1) is 6.54 Å². The number of aliphatic carboxylic acids is 1. The molecule has 0 saturated heterocycles. The number of carbonyl (C=O) groups excluding carboxylic acids is 2. The third kappa shape index (κ3) is 6.53. The van der Waals surface area contributed by atoms with Gasteiger partial charge in [-0.05, 0) is 24.3 Å². The SMILES string of the molecule is CC(C)NCC(=O)Nc1ccc(C(=O)NCC(=O)O)cc1. The van der Waals surface area contributed by atoms with Crippen LogP contribution in [0.3, 0.4) is 0 Å². The van der Waals surface area contributed by atoms with Crippen LogP contribution >= 0.6 is 0 Å². The summed E-state index contributed by atoms with van der Waals surface area (Å²) in [6.07, 6.45) is 0. The van der Waals surface area contributed by atoms with Crippen LogP contribution in [0.5, 0.6) is 0 Å². The third-order valence-electron chi connectivity index (χ3n) is 2.50. The van der Waals surface area contributed by atoms with Gasteiger partial charge in [0.15, 0.2) is 0 Å². The molecule has 21 heavy (non-hydrogen) atoms. The molecule has 0 aromatic heterocycles. The van der Waals surface area contributed by atoms with Gasteiger partial charge in [0.2, 0.25) is 5.91 Å². The number of rotatable bonds is 7. The predicted molar refractivity (Wildman–Crippen MR) is 78.2 cm³/mol. The monoisotopic (exact) mass is 293 g/mol. The maximum atomic E-state index is 11.6. The van der Waals surface area contributed by atoms with E-state index >= 15 is 0 Å². The summed E-state index contributed by atoms with van der Waals surface area (Å²) in [6, 6.07) is 6.42. The second kappa shape index (κ2) is 8.01. The van der Waals surface area contributed by atoms with Crippen molar-refractivity contribution in [2.24, 2.45) is 0 Å². The van der Waals surface area contributed by atoms with Crippen LogP contribution in [0.4, 0.5) is 5.69 Å². The average Bonchev–Trinajstić information content (AvgIpc) is 2.43. The second-order valence-electron chi connectivity index (χ2n) is 4.74. The number of amides is 2. The zero-order valence-electron chi connectivity index (χ0n) is 12.0. The van der Waals surface area contributed by atoms with Crippen molar-refractivity contribution in [3.8, 4) is 0 Å². The Morgan fingerprint density at radius 2 is 1.71 bits per heavy atom. The largest absolute Gasteiger partial charge is 0.480 e. The van der Waals surface area contributed by atoms with Gasteiger partial charge in [0.25, 0.3) is 5.91 Å². The van der Waals surface area contributed by atoms with E-state index in [0.717, 1.165) is 0 Å². The van der Waals surface area contributed by atoms with E-state index in [0.29, 0.717) is 11.3 Å². The van der Waals surface area contributed by atoms with Gasteiger partial charge >= 0.3 is 5.97 Å². The van der Waals surface area contributed by atoms with Gasteiger partial charge in [0, 0.05) is 17.3 Å². The lowest BCUT2D eigenvalue weighted by Crippen LogP contribution is -2.32. The first-order valence-electron chi connectivity index (χ1n) is 6.51. The van der Waals surface area contributed by atoms with E-state index in [1.54, 1.807) is 12.1 Å². The number of hydrogen-bond acceptors (Lipinski definition) is 4. The van der Waals surface area contributed by atoms with Gasteiger partial charge in [-0.15, -0.1) is 0 Å². The average molecular weight is 293 g/mol. The Morgan fingerprint density at radius 1 is 1.10 bits per heavy atom. The van der Waals surface area contributed by atoms with Gasteiger partial charge in [-0.25, -0.2) is 0 Å². The summed E-state index contributed by atoms with van der Waals surface area (Å²) in [5.41, 5.74) is 0.898. The molecule has 1 rings (SSSR count). The molecule has 0 unspecified atom stereocenters. The molecule has 7 heteroatoms. The van der Waals surface area contributed by atoms with Crippen molar-refractivity contribution in [2.75, 3.05) is 18.4 Å². The van der Waals surface area contributed by atoms with E-state index in [2.05, 4.69) is 16.0 Å². The van der Waals surface area contributed by atoms with Crippen LogP contribution in [0.1, 0.15) is 24.2 Å². The van der Waals surface area contributed by atoms with Crippen LogP contribution in [0.15, 0.2) is 24.3 Å². The number of anilines is 1. The molecule has 0 aliphatic carbocycles. The highest BCUT2D eigenvalue weighted by Crippen LogP contribution is 2.09. The summed E-state index contributed by atoms with van der Waals surface area (Å²) >= 11 is 0. The fourth-order valence-corrected chi connectivity index (χ4v) is 1.46. The Labute approximate surface area is 122 Å². The number of carbonyl (C=O) groups is 3. The van der Waals surface area contributed by atoms with Crippen LogP contribution in [-0.4, -0.2) is 42.0 Å². The minimum atomic E-state index is -1.11. The molecule has 0 radical (unpaired) electrons. The van der Waals surface area contributed by atoms with Gasteiger partial charge in [0.1, 0.15) is 6.54 Å². The number of carboxylic acid groups (broad SMARTS) is 1. The smallest absolute Gasteiger partial charge is 0.322 e. The molecule has 1 aromatic rings. The summed E-state index contributed by atoms with van der Waals surface area (Å²) in [6.45, 7) is 3.66. The molecule has 0 aliphatic heterocycles. The minimum Gasteiger partial charge on any atom is -0.480 e. The highest BCUT2D eigenvalue weighted by Gasteiger charge is 2.08. The molecule has 7 nitrogen and oxygen atoms in total. The molecule has 2 amide bonds. The molecular weight excluding hydrogens is 274 g/mol. The van der Waals surface area contributed by atoms with Crippen molar-refractivity contribution < 1.29 is 19.5 Å². The molecule has 0 heterocycles. The molecule has 1 aromatic carbocycles. The minimum absolute atomic E-state index is 0.174. The Bertz CT molecular complexity index is 511. The quantitative estimate of drug-likeness (QED) is 0.583. The Kier molecular flexibility index (Phi) is 6.35. The zero-order valence-corrected chi connectivity index (χ0v) is 12.0. The van der Waals surface area contributed by atoms with Crippen LogP contribution in [0.2, 0.25) is 0 Å². The van der Waals surface area contributed by atoms with Gasteiger partial charge < -0.3 is 21.1 Å². The molecule has 0 fully saturated rings. The van der Waals surface area contributed by atoms with Crippen molar-refractivity contribution in [1.82, 2.24) is 10.6 Å². The lowest BCUT2D eigenvalue weighted by molar-refractivity contribution is -0.135. The topological polar surface area (TPSA) is 108 Å². The van der Waals surface area contributed by atoms with E-state index in [1.807, 2.05) is 13.8 Å². The zero-order chi connectivity index (χ0) is 15.8. The summed E-state index contributed by atoms with van der Waals surface area (Å²) < 4.78 is 0. The molecular formula is C14H19N3O4. The maximum Gasteiger partial charge on any atom is 0.322 e. The lowest BCUT2D eigenvalue weighted by Gasteiger charge is -2.09. The Balaban J connectivity index is 2.51. The summed E-state index contributed by atoms with van der Waals surface area (Å²) in [5, 5.41) is 16.4. The molecule has 0 aliphatic rings. The highest BCUT2D eigenvalue weighted by molar-refractivity contribution is 5.97. The van der Waals surface area contributed by atoms with E-state index in [9.17, 15) is 14.4 Å². The van der Waals surface area contributed by atoms with E-state index in [1.165, 1.54) is 12.1 Å².